The Morgan fingerprint density at radius 1 is 1.37 bits per heavy atom. The Labute approximate surface area is 118 Å². The predicted octanol–water partition coefficient (Wildman–Crippen LogP) is 1.84. The van der Waals surface area contributed by atoms with Gasteiger partial charge in [0.25, 0.3) is 5.91 Å². The van der Waals surface area contributed by atoms with E-state index in [-0.39, 0.29) is 12.5 Å². The van der Waals surface area contributed by atoms with Crippen LogP contribution in [0.2, 0.25) is 5.02 Å². The van der Waals surface area contributed by atoms with Crippen LogP contribution in [0.5, 0.6) is 5.75 Å². The van der Waals surface area contributed by atoms with Gasteiger partial charge >= 0.3 is 0 Å². The van der Waals surface area contributed by atoms with E-state index in [0.717, 1.165) is 31.5 Å². The highest BCUT2D eigenvalue weighted by Gasteiger charge is 2.19. The molecule has 0 aromatic heterocycles. The first-order valence-electron chi connectivity index (χ1n) is 6.60. The molecule has 2 N–H and O–H groups in total. The molecule has 2 rings (SSSR count). The largest absolute Gasteiger partial charge is 0.482 e. The molecule has 4 nitrogen and oxygen atoms in total. The molecule has 1 amide bonds. The average molecular weight is 283 g/mol. The molecule has 0 aliphatic carbocycles. The summed E-state index contributed by atoms with van der Waals surface area (Å²) in [6, 6.07) is 5.55. The number of ether oxygens (including phenoxy) is 1. The molecule has 0 saturated carbocycles. The van der Waals surface area contributed by atoms with Crippen molar-refractivity contribution in [3.63, 3.8) is 0 Å². The number of benzene rings is 1. The molecule has 1 aromatic rings. The van der Waals surface area contributed by atoms with Crippen molar-refractivity contribution < 1.29 is 9.53 Å². The Kier molecular flexibility index (Phi) is 5.05. The van der Waals surface area contributed by atoms with Crippen molar-refractivity contribution in [2.75, 3.05) is 26.2 Å². The third-order valence-corrected chi connectivity index (χ3v) is 3.56. The maximum atomic E-state index is 11.9. The third kappa shape index (κ3) is 3.61. The van der Waals surface area contributed by atoms with Crippen molar-refractivity contribution in [3.8, 4) is 5.75 Å². The molecule has 19 heavy (non-hydrogen) atoms. The minimum Gasteiger partial charge on any atom is -0.482 e. The summed E-state index contributed by atoms with van der Waals surface area (Å²) in [6.07, 6.45) is 2.85. The zero-order chi connectivity index (χ0) is 13.7. The van der Waals surface area contributed by atoms with Crippen LogP contribution in [0.25, 0.3) is 0 Å². The number of amides is 1. The lowest BCUT2D eigenvalue weighted by Crippen LogP contribution is -2.32. The molecule has 1 heterocycles. The van der Waals surface area contributed by atoms with Crippen LogP contribution in [-0.2, 0) is 11.2 Å². The number of hydrogen-bond acceptors (Lipinski definition) is 3. The van der Waals surface area contributed by atoms with Gasteiger partial charge in [-0.2, -0.15) is 0 Å². The molecule has 0 bridgehead atoms. The normalized spacial score (nSPS) is 14.7. The predicted molar refractivity (Wildman–Crippen MR) is 75.5 cm³/mol. The molecule has 0 atom stereocenters. The Balaban J connectivity index is 1.99. The summed E-state index contributed by atoms with van der Waals surface area (Å²) < 4.78 is 5.62. The maximum Gasteiger partial charge on any atom is 0.260 e. The fourth-order valence-corrected chi connectivity index (χ4v) is 2.51. The molecular formula is C14H19ClN2O2. The molecule has 0 spiro atoms. The molecule has 1 fully saturated rings. The number of halogens is 1. The van der Waals surface area contributed by atoms with Crippen LogP contribution in [0.15, 0.2) is 18.2 Å². The van der Waals surface area contributed by atoms with E-state index in [9.17, 15) is 4.79 Å². The van der Waals surface area contributed by atoms with Gasteiger partial charge in [-0.1, -0.05) is 23.7 Å². The van der Waals surface area contributed by atoms with Gasteiger partial charge in [0.05, 0.1) is 5.02 Å². The molecule has 1 aliphatic heterocycles. The number of carbonyl (C=O) groups is 1. The number of carbonyl (C=O) groups excluding carboxylic acids is 1. The summed E-state index contributed by atoms with van der Waals surface area (Å²) in [7, 11) is 0. The van der Waals surface area contributed by atoms with E-state index in [2.05, 4.69) is 0 Å². The lowest BCUT2D eigenvalue weighted by molar-refractivity contribution is -0.132. The molecule has 1 aliphatic rings. The summed E-state index contributed by atoms with van der Waals surface area (Å²) in [6.45, 7) is 2.23. The first-order chi connectivity index (χ1) is 9.22. The summed E-state index contributed by atoms with van der Waals surface area (Å²) in [4.78, 5) is 13.8. The van der Waals surface area contributed by atoms with Gasteiger partial charge < -0.3 is 15.4 Å². The van der Waals surface area contributed by atoms with Crippen molar-refractivity contribution >= 4 is 17.5 Å². The van der Waals surface area contributed by atoms with Crippen LogP contribution < -0.4 is 10.5 Å². The van der Waals surface area contributed by atoms with E-state index in [1.54, 1.807) is 6.07 Å². The third-order valence-electron chi connectivity index (χ3n) is 3.26. The lowest BCUT2D eigenvalue weighted by atomic mass is 10.1. The minimum atomic E-state index is 0.0242. The smallest absolute Gasteiger partial charge is 0.260 e. The van der Waals surface area contributed by atoms with Crippen LogP contribution in [0, 0.1) is 0 Å². The minimum absolute atomic E-state index is 0.0242. The Bertz CT molecular complexity index is 445. The van der Waals surface area contributed by atoms with Gasteiger partial charge in [0.2, 0.25) is 0 Å². The van der Waals surface area contributed by atoms with E-state index >= 15 is 0 Å². The van der Waals surface area contributed by atoms with Crippen molar-refractivity contribution in [2.45, 2.75) is 19.3 Å². The summed E-state index contributed by atoms with van der Waals surface area (Å²) in [5.74, 6) is 0.610. The highest BCUT2D eigenvalue weighted by Crippen LogP contribution is 2.29. The highest BCUT2D eigenvalue weighted by molar-refractivity contribution is 6.32. The monoisotopic (exact) mass is 282 g/mol. The quantitative estimate of drug-likeness (QED) is 0.897. The van der Waals surface area contributed by atoms with E-state index in [1.807, 2.05) is 17.0 Å². The number of para-hydroxylation sites is 1. The number of hydrogen-bond donors (Lipinski definition) is 1. The van der Waals surface area contributed by atoms with Crippen LogP contribution in [0.1, 0.15) is 18.4 Å². The number of nitrogens with zero attached hydrogens (tertiary/aromatic N) is 1. The molecule has 0 unspecified atom stereocenters. The second-order valence-electron chi connectivity index (χ2n) is 4.64. The zero-order valence-corrected chi connectivity index (χ0v) is 11.7. The Hall–Kier alpha value is -1.26. The number of nitrogens with two attached hydrogens (primary N) is 1. The summed E-state index contributed by atoms with van der Waals surface area (Å²) >= 11 is 6.12. The van der Waals surface area contributed by atoms with Crippen LogP contribution in [-0.4, -0.2) is 37.0 Å². The molecule has 1 saturated heterocycles. The topological polar surface area (TPSA) is 55.6 Å². The molecule has 104 valence electrons. The van der Waals surface area contributed by atoms with Crippen LogP contribution >= 0.6 is 11.6 Å². The molecule has 5 heteroatoms. The summed E-state index contributed by atoms with van der Waals surface area (Å²) in [5, 5.41) is 0.528. The Morgan fingerprint density at radius 2 is 2.11 bits per heavy atom. The SMILES string of the molecule is NCCc1cccc(Cl)c1OCC(=O)N1CCCC1. The van der Waals surface area contributed by atoms with Crippen molar-refractivity contribution in [1.29, 1.82) is 0 Å². The molecule has 0 radical (unpaired) electrons. The van der Waals surface area contributed by atoms with E-state index in [0.29, 0.717) is 23.7 Å². The van der Waals surface area contributed by atoms with Gasteiger partial charge in [0.1, 0.15) is 5.75 Å². The molecule has 1 aromatic carbocycles. The van der Waals surface area contributed by atoms with Gasteiger partial charge in [0, 0.05) is 13.1 Å². The van der Waals surface area contributed by atoms with Crippen LogP contribution in [0.4, 0.5) is 0 Å². The van der Waals surface area contributed by atoms with Gasteiger partial charge in [-0.3, -0.25) is 4.79 Å². The van der Waals surface area contributed by atoms with E-state index in [4.69, 9.17) is 22.1 Å². The highest BCUT2D eigenvalue weighted by atomic mass is 35.5. The maximum absolute atomic E-state index is 11.9. The second-order valence-corrected chi connectivity index (χ2v) is 5.05. The Morgan fingerprint density at radius 3 is 2.79 bits per heavy atom. The van der Waals surface area contributed by atoms with Gasteiger partial charge in [-0.05, 0) is 37.4 Å². The second kappa shape index (κ2) is 6.78. The van der Waals surface area contributed by atoms with E-state index in [1.165, 1.54) is 0 Å². The fraction of sp³-hybridized carbons (Fsp3) is 0.500. The number of rotatable bonds is 5. The number of likely N-dealkylation sites (tertiary alicyclic amines) is 1. The zero-order valence-electron chi connectivity index (χ0n) is 10.9. The van der Waals surface area contributed by atoms with Crippen molar-refractivity contribution in [2.24, 2.45) is 5.73 Å². The van der Waals surface area contributed by atoms with Crippen molar-refractivity contribution in [3.05, 3.63) is 28.8 Å². The van der Waals surface area contributed by atoms with Gasteiger partial charge in [0.15, 0.2) is 6.61 Å². The van der Waals surface area contributed by atoms with Crippen LogP contribution in [0.3, 0.4) is 0 Å². The first kappa shape index (κ1) is 14.2. The average Bonchev–Trinajstić information content (AvgIpc) is 2.92. The van der Waals surface area contributed by atoms with Crippen molar-refractivity contribution in [1.82, 2.24) is 4.90 Å². The fourth-order valence-electron chi connectivity index (χ4n) is 2.26. The standard InChI is InChI=1S/C14H19ClN2O2/c15-12-5-3-4-11(6-7-16)14(12)19-10-13(18)17-8-1-2-9-17/h3-5H,1-2,6-10,16H2. The first-order valence-corrected chi connectivity index (χ1v) is 6.98. The van der Waals surface area contributed by atoms with Gasteiger partial charge in [-0.25, -0.2) is 0 Å². The van der Waals surface area contributed by atoms with Gasteiger partial charge in [-0.15, -0.1) is 0 Å². The van der Waals surface area contributed by atoms with E-state index < -0.39 is 0 Å². The lowest BCUT2D eigenvalue weighted by Gasteiger charge is -2.17. The molecular weight excluding hydrogens is 264 g/mol. The summed E-state index contributed by atoms with van der Waals surface area (Å²) in [5.41, 5.74) is 6.51.